The van der Waals surface area contributed by atoms with Gasteiger partial charge in [0.05, 0.1) is 23.7 Å². The van der Waals surface area contributed by atoms with E-state index >= 15 is 0 Å². The second kappa shape index (κ2) is 20.0. The summed E-state index contributed by atoms with van der Waals surface area (Å²) >= 11 is 0. The normalized spacial score (nSPS) is 23.9. The lowest BCUT2D eigenvalue weighted by atomic mass is 9.94. The van der Waals surface area contributed by atoms with Gasteiger partial charge in [-0.1, -0.05) is 121 Å². The molecule has 4 aliphatic rings. The third-order valence-electron chi connectivity index (χ3n) is 13.7. The van der Waals surface area contributed by atoms with Crippen molar-refractivity contribution in [3.05, 3.63) is 179 Å². The molecule has 2 aliphatic heterocycles. The number of likely N-dealkylation sites (tertiary alicyclic amines) is 2. The van der Waals surface area contributed by atoms with E-state index in [-0.39, 0.29) is 85.5 Å². The van der Waals surface area contributed by atoms with Crippen molar-refractivity contribution in [2.24, 2.45) is 23.7 Å². The van der Waals surface area contributed by atoms with Gasteiger partial charge < -0.3 is 31.1 Å². The monoisotopic (exact) mass is 884 g/mol. The quantitative estimate of drug-likeness (QED) is 0.108. The van der Waals surface area contributed by atoms with Crippen LogP contribution in [0.3, 0.4) is 0 Å². The van der Waals surface area contributed by atoms with Crippen LogP contribution in [0, 0.1) is 23.7 Å². The summed E-state index contributed by atoms with van der Waals surface area (Å²) in [5.41, 5.74) is 5.10. The number of nitrogens with one attached hydrogen (secondary N) is 4. The number of carbonyl (C=O) groups is 6. The van der Waals surface area contributed by atoms with Gasteiger partial charge in [0.1, 0.15) is 0 Å². The molecular formula is C54H56N6O6. The molecule has 6 amide bonds. The van der Waals surface area contributed by atoms with Crippen molar-refractivity contribution in [1.82, 2.24) is 31.1 Å². The zero-order valence-corrected chi connectivity index (χ0v) is 36.9. The van der Waals surface area contributed by atoms with Gasteiger partial charge in [-0.05, 0) is 72.2 Å². The highest BCUT2D eigenvalue weighted by molar-refractivity contribution is 6.00. The SMILES string of the molecule is O=C(NCCc1ccccc1)[C@@H]1CN(C(=O)c2ccc(C(=O)N3C[C@@H](C(=O)N[C@@H]4C[C@H]4c4ccccc4)[C@H](C(=O)N[C@@H]4C[C@H]4c4ccccc4)C3)cc2)C[C@H]1C(=O)NCCc1ccccc1. The standard InChI is InChI=1S/C54H56N6O6/c61-49(55-27-25-35-13-5-1-6-14-35)43-31-59(32-44(43)50(62)56-28-26-36-15-7-2-8-16-36)53(65)39-21-23-40(24-22-39)54(66)60-33-45(51(63)57-47-29-41(47)37-17-9-3-10-18-37)46(34-60)52(64)58-48-30-42(48)38-19-11-4-12-20-38/h1-24,41-48H,25-34H2,(H,55,61)(H,56,62)(H,57,63)(H,58,64)/t41-,42-,43+,44+,45+,46+,47+,48+/m0/s1. The maximum Gasteiger partial charge on any atom is 0.253 e. The largest absolute Gasteiger partial charge is 0.355 e. The summed E-state index contributed by atoms with van der Waals surface area (Å²) in [5, 5.41) is 12.4. The highest BCUT2D eigenvalue weighted by Gasteiger charge is 2.49. The summed E-state index contributed by atoms with van der Waals surface area (Å²) in [6.07, 6.45) is 2.89. The molecule has 12 nitrogen and oxygen atoms in total. The van der Waals surface area contributed by atoms with Gasteiger partial charge in [-0.15, -0.1) is 0 Å². The number of hydrogen-bond donors (Lipinski definition) is 4. The van der Waals surface area contributed by atoms with Crippen molar-refractivity contribution in [2.75, 3.05) is 39.3 Å². The van der Waals surface area contributed by atoms with E-state index in [0.29, 0.717) is 37.1 Å². The van der Waals surface area contributed by atoms with Crippen LogP contribution in [-0.4, -0.2) is 96.6 Å². The maximum atomic E-state index is 14.1. The van der Waals surface area contributed by atoms with E-state index in [0.717, 1.165) is 35.1 Å². The molecule has 0 bridgehead atoms. The maximum absolute atomic E-state index is 14.1. The zero-order valence-electron chi connectivity index (χ0n) is 36.9. The summed E-state index contributed by atoms with van der Waals surface area (Å²) in [5.74, 6) is -4.27. The lowest BCUT2D eigenvalue weighted by Crippen LogP contribution is -2.43. The van der Waals surface area contributed by atoms with E-state index in [1.807, 2.05) is 97.1 Å². The number of rotatable bonds is 16. The summed E-state index contributed by atoms with van der Waals surface area (Å²) < 4.78 is 0. The first-order valence-electron chi connectivity index (χ1n) is 23.2. The Kier molecular flexibility index (Phi) is 13.4. The first-order valence-corrected chi connectivity index (χ1v) is 23.2. The lowest BCUT2D eigenvalue weighted by molar-refractivity contribution is -0.133. The zero-order chi connectivity index (χ0) is 45.6. The van der Waals surface area contributed by atoms with E-state index in [2.05, 4.69) is 45.5 Å². The molecule has 9 rings (SSSR count). The van der Waals surface area contributed by atoms with Crippen molar-refractivity contribution < 1.29 is 28.8 Å². The second-order valence-corrected chi connectivity index (χ2v) is 18.2. The van der Waals surface area contributed by atoms with Crippen LogP contribution in [0.4, 0.5) is 0 Å². The van der Waals surface area contributed by atoms with Gasteiger partial charge in [0.25, 0.3) is 11.8 Å². The van der Waals surface area contributed by atoms with Gasteiger partial charge in [-0.3, -0.25) is 28.8 Å². The van der Waals surface area contributed by atoms with Crippen LogP contribution in [0.5, 0.6) is 0 Å². The molecule has 8 atom stereocenters. The number of carbonyl (C=O) groups excluding carboxylic acids is 6. The first kappa shape index (κ1) is 44.1. The molecule has 12 heteroatoms. The highest BCUT2D eigenvalue weighted by Crippen LogP contribution is 2.43. The van der Waals surface area contributed by atoms with Crippen molar-refractivity contribution in [2.45, 2.75) is 49.6 Å². The van der Waals surface area contributed by atoms with Crippen LogP contribution in [0.2, 0.25) is 0 Å². The molecule has 0 spiro atoms. The second-order valence-electron chi connectivity index (χ2n) is 18.2. The minimum Gasteiger partial charge on any atom is -0.355 e. The Morgan fingerprint density at radius 1 is 0.409 bits per heavy atom. The van der Waals surface area contributed by atoms with Crippen LogP contribution >= 0.6 is 0 Å². The molecule has 0 unspecified atom stereocenters. The number of hydrogen-bond acceptors (Lipinski definition) is 6. The van der Waals surface area contributed by atoms with Gasteiger partial charge in [-0.25, -0.2) is 0 Å². The Morgan fingerprint density at radius 2 is 0.727 bits per heavy atom. The number of nitrogens with zero attached hydrogens (tertiary/aromatic N) is 2. The molecule has 5 aromatic rings. The summed E-state index contributed by atoms with van der Waals surface area (Å²) in [6, 6.07) is 46.0. The fourth-order valence-electron chi connectivity index (χ4n) is 9.76. The molecule has 338 valence electrons. The van der Waals surface area contributed by atoms with E-state index in [1.165, 1.54) is 4.90 Å². The van der Waals surface area contributed by atoms with Crippen LogP contribution in [0.1, 0.15) is 67.6 Å². The van der Waals surface area contributed by atoms with Gasteiger partial charge in [0.2, 0.25) is 23.6 Å². The molecule has 5 aromatic carbocycles. The van der Waals surface area contributed by atoms with E-state index in [4.69, 9.17) is 0 Å². The van der Waals surface area contributed by atoms with E-state index in [9.17, 15) is 28.8 Å². The van der Waals surface area contributed by atoms with Crippen molar-refractivity contribution in [1.29, 1.82) is 0 Å². The van der Waals surface area contributed by atoms with Crippen molar-refractivity contribution in [3.8, 4) is 0 Å². The Labute approximate surface area is 385 Å². The average molecular weight is 885 g/mol. The van der Waals surface area contributed by atoms with Crippen LogP contribution in [0.15, 0.2) is 146 Å². The minimum atomic E-state index is -0.749. The predicted octanol–water partition coefficient (Wildman–Crippen LogP) is 5.13. The fraction of sp³-hybridized carbons (Fsp3) is 0.333. The molecule has 2 saturated carbocycles. The third kappa shape index (κ3) is 10.4. The summed E-state index contributed by atoms with van der Waals surface area (Å²) in [7, 11) is 0. The first-order chi connectivity index (χ1) is 32.2. The van der Waals surface area contributed by atoms with Gasteiger partial charge in [-0.2, -0.15) is 0 Å². The topological polar surface area (TPSA) is 157 Å². The molecule has 2 heterocycles. The summed E-state index contributed by atoms with van der Waals surface area (Å²) in [6.45, 7) is 1.07. The fourth-order valence-corrected chi connectivity index (χ4v) is 9.76. The molecular weight excluding hydrogens is 829 g/mol. The van der Waals surface area contributed by atoms with Gasteiger partial charge >= 0.3 is 0 Å². The van der Waals surface area contributed by atoms with Crippen molar-refractivity contribution >= 4 is 35.4 Å². The molecule has 0 aromatic heterocycles. The molecule has 4 fully saturated rings. The number of benzene rings is 5. The smallest absolute Gasteiger partial charge is 0.253 e. The Balaban J connectivity index is 0.849. The van der Waals surface area contributed by atoms with Crippen LogP contribution in [-0.2, 0) is 32.0 Å². The molecule has 0 radical (unpaired) electrons. The lowest BCUT2D eigenvalue weighted by Gasteiger charge is -2.18. The Bertz CT molecular complexity index is 2380. The molecule has 66 heavy (non-hydrogen) atoms. The van der Waals surface area contributed by atoms with E-state index < -0.39 is 23.7 Å². The predicted molar refractivity (Wildman–Crippen MR) is 250 cm³/mol. The molecule has 2 saturated heterocycles. The third-order valence-corrected chi connectivity index (χ3v) is 13.7. The Morgan fingerprint density at radius 3 is 1.08 bits per heavy atom. The molecule has 4 N–H and O–H groups in total. The van der Waals surface area contributed by atoms with Gasteiger partial charge in [0.15, 0.2) is 0 Å². The highest BCUT2D eigenvalue weighted by atomic mass is 16.2. The minimum absolute atomic E-state index is 0.0338. The van der Waals surface area contributed by atoms with Crippen molar-refractivity contribution in [3.63, 3.8) is 0 Å². The van der Waals surface area contributed by atoms with Gasteiger partial charge in [0, 0.05) is 74.3 Å². The van der Waals surface area contributed by atoms with Crippen LogP contribution in [0.25, 0.3) is 0 Å². The van der Waals surface area contributed by atoms with Crippen LogP contribution < -0.4 is 21.3 Å². The molecule has 2 aliphatic carbocycles. The summed E-state index contributed by atoms with van der Waals surface area (Å²) in [4.78, 5) is 86.5. The number of amides is 6. The Hall–Kier alpha value is -7.08. The average Bonchev–Trinajstić information content (AvgIpc) is 4.20. The van der Waals surface area contributed by atoms with E-state index in [1.54, 1.807) is 29.2 Å².